The largest absolute Gasteiger partial charge is 0.373 e. The van der Waals surface area contributed by atoms with Gasteiger partial charge in [-0.25, -0.2) is 0 Å². The number of amides is 1. The number of nitrogens with two attached hydrogens (primary N) is 1. The van der Waals surface area contributed by atoms with Gasteiger partial charge in [0.25, 0.3) is 0 Å². The number of unbranched alkanes of at least 4 members (excludes halogenated alkanes) is 1. The summed E-state index contributed by atoms with van der Waals surface area (Å²) in [4.78, 5) is 14.1. The molecule has 0 spiro atoms. The third-order valence-corrected chi connectivity index (χ3v) is 3.72. The van der Waals surface area contributed by atoms with Crippen molar-refractivity contribution in [1.29, 1.82) is 0 Å². The fourth-order valence-corrected chi connectivity index (χ4v) is 2.56. The van der Waals surface area contributed by atoms with Gasteiger partial charge in [-0.05, 0) is 39.2 Å². The number of rotatable bonds is 7. The number of morpholine rings is 1. The zero-order chi connectivity index (χ0) is 15.1. The molecule has 0 bridgehead atoms. The summed E-state index contributed by atoms with van der Waals surface area (Å²) < 4.78 is 5.71. The maximum absolute atomic E-state index is 11.7. The van der Waals surface area contributed by atoms with Crippen LogP contribution in [0.15, 0.2) is 0 Å². The zero-order valence-electron chi connectivity index (χ0n) is 14.2. The third-order valence-electron chi connectivity index (χ3n) is 3.72. The lowest BCUT2D eigenvalue weighted by Crippen LogP contribution is -2.46. The molecule has 1 rings (SSSR count). The van der Waals surface area contributed by atoms with Crippen LogP contribution in [0, 0.1) is 5.92 Å². The van der Waals surface area contributed by atoms with Crippen LogP contribution in [0.25, 0.3) is 0 Å². The van der Waals surface area contributed by atoms with E-state index < -0.39 is 6.04 Å². The molecular weight excluding hydrogens is 325 g/mol. The molecule has 2 unspecified atom stereocenters. The average molecular weight is 358 g/mol. The molecule has 0 aromatic heterocycles. The van der Waals surface area contributed by atoms with Crippen LogP contribution in [0.3, 0.4) is 0 Å². The number of ether oxygens (including phenoxy) is 1. The molecule has 0 radical (unpaired) electrons. The number of halogens is 2. The van der Waals surface area contributed by atoms with Crippen LogP contribution in [-0.2, 0) is 9.53 Å². The summed E-state index contributed by atoms with van der Waals surface area (Å²) in [7, 11) is 0. The van der Waals surface area contributed by atoms with Gasteiger partial charge in [0, 0.05) is 19.6 Å². The molecule has 0 aromatic rings. The molecule has 1 heterocycles. The number of hydrogen-bond donors (Lipinski definition) is 2. The Bertz CT molecular complexity index is 297. The van der Waals surface area contributed by atoms with Gasteiger partial charge in [0.1, 0.15) is 0 Å². The zero-order valence-corrected chi connectivity index (χ0v) is 15.8. The number of nitrogens with one attached hydrogen (secondary N) is 1. The van der Waals surface area contributed by atoms with Crippen molar-refractivity contribution in [2.24, 2.45) is 11.7 Å². The second kappa shape index (κ2) is 12.4. The number of carbonyl (C=O) groups excluding carboxylic acids is 1. The van der Waals surface area contributed by atoms with Crippen LogP contribution in [0.4, 0.5) is 0 Å². The highest BCUT2D eigenvalue weighted by Crippen LogP contribution is 2.11. The summed E-state index contributed by atoms with van der Waals surface area (Å²) in [5, 5.41) is 2.91. The van der Waals surface area contributed by atoms with Gasteiger partial charge in [0.05, 0.1) is 18.2 Å². The summed E-state index contributed by atoms with van der Waals surface area (Å²) in [6.45, 7) is 12.0. The molecule has 3 N–H and O–H groups in total. The van der Waals surface area contributed by atoms with Gasteiger partial charge >= 0.3 is 0 Å². The Labute approximate surface area is 147 Å². The fraction of sp³-hybridized carbons (Fsp3) is 0.933. The molecule has 3 atom stereocenters. The van der Waals surface area contributed by atoms with E-state index in [2.05, 4.69) is 24.1 Å². The van der Waals surface area contributed by atoms with Crippen molar-refractivity contribution < 1.29 is 9.53 Å². The SMILES string of the molecule is CC1CN(CCCCNC(=O)[C@@H](N)C(C)C)CC(C)O1.Cl.Cl. The van der Waals surface area contributed by atoms with Gasteiger partial charge in [0.2, 0.25) is 5.91 Å². The van der Waals surface area contributed by atoms with E-state index in [1.165, 1.54) is 0 Å². The molecule has 1 aliphatic heterocycles. The van der Waals surface area contributed by atoms with Crippen LogP contribution < -0.4 is 11.1 Å². The second-order valence-electron chi connectivity index (χ2n) is 6.28. The highest BCUT2D eigenvalue weighted by molar-refractivity contribution is 5.85. The fourth-order valence-electron chi connectivity index (χ4n) is 2.56. The Kier molecular flexibility index (Phi) is 13.6. The van der Waals surface area contributed by atoms with Gasteiger partial charge in [-0.2, -0.15) is 0 Å². The Balaban J connectivity index is 0. The van der Waals surface area contributed by atoms with Crippen molar-refractivity contribution in [2.45, 2.75) is 58.8 Å². The molecule has 0 aliphatic carbocycles. The number of hydrogen-bond acceptors (Lipinski definition) is 4. The molecule has 7 heteroatoms. The highest BCUT2D eigenvalue weighted by Gasteiger charge is 2.21. The quantitative estimate of drug-likeness (QED) is 0.682. The van der Waals surface area contributed by atoms with E-state index in [4.69, 9.17) is 10.5 Å². The molecule has 22 heavy (non-hydrogen) atoms. The Morgan fingerprint density at radius 1 is 1.23 bits per heavy atom. The lowest BCUT2D eigenvalue weighted by Gasteiger charge is -2.35. The second-order valence-corrected chi connectivity index (χ2v) is 6.28. The Morgan fingerprint density at radius 3 is 2.27 bits per heavy atom. The van der Waals surface area contributed by atoms with Crippen molar-refractivity contribution in [1.82, 2.24) is 10.2 Å². The third kappa shape index (κ3) is 9.16. The normalized spacial score (nSPS) is 23.4. The smallest absolute Gasteiger partial charge is 0.237 e. The van der Waals surface area contributed by atoms with Crippen molar-refractivity contribution >= 4 is 30.7 Å². The first-order chi connectivity index (χ1) is 9.40. The summed E-state index contributed by atoms with van der Waals surface area (Å²) in [6, 6.07) is -0.393. The van der Waals surface area contributed by atoms with Gasteiger partial charge in [-0.15, -0.1) is 24.8 Å². The predicted octanol–water partition coefficient (Wildman–Crippen LogP) is 1.82. The molecule has 1 fully saturated rings. The maximum atomic E-state index is 11.7. The molecule has 1 amide bonds. The van der Waals surface area contributed by atoms with Gasteiger partial charge in [-0.1, -0.05) is 13.8 Å². The van der Waals surface area contributed by atoms with Gasteiger partial charge in [-0.3, -0.25) is 9.69 Å². The van der Waals surface area contributed by atoms with E-state index in [9.17, 15) is 4.79 Å². The van der Waals surface area contributed by atoms with Crippen LogP contribution in [0.5, 0.6) is 0 Å². The van der Waals surface area contributed by atoms with E-state index in [0.29, 0.717) is 18.8 Å². The Morgan fingerprint density at radius 2 is 1.77 bits per heavy atom. The van der Waals surface area contributed by atoms with E-state index >= 15 is 0 Å². The highest BCUT2D eigenvalue weighted by atomic mass is 35.5. The Hall–Kier alpha value is -0.0700. The minimum atomic E-state index is -0.393. The average Bonchev–Trinajstić information content (AvgIpc) is 2.35. The molecule has 0 aromatic carbocycles. The summed E-state index contributed by atoms with van der Waals surface area (Å²) in [5.74, 6) is 0.153. The minimum Gasteiger partial charge on any atom is -0.373 e. The molecule has 134 valence electrons. The first-order valence-electron chi connectivity index (χ1n) is 7.81. The number of carbonyl (C=O) groups is 1. The van der Waals surface area contributed by atoms with Crippen molar-refractivity contribution in [2.75, 3.05) is 26.2 Å². The molecule has 5 nitrogen and oxygen atoms in total. The van der Waals surface area contributed by atoms with Crippen LogP contribution in [0.1, 0.15) is 40.5 Å². The minimum absolute atomic E-state index is 0. The van der Waals surface area contributed by atoms with E-state index in [-0.39, 0.29) is 36.6 Å². The topological polar surface area (TPSA) is 67.6 Å². The van der Waals surface area contributed by atoms with Crippen LogP contribution in [0.2, 0.25) is 0 Å². The molecular formula is C15H33Cl2N3O2. The monoisotopic (exact) mass is 357 g/mol. The summed E-state index contributed by atoms with van der Waals surface area (Å²) in [6.07, 6.45) is 2.73. The van der Waals surface area contributed by atoms with E-state index in [1.54, 1.807) is 0 Å². The van der Waals surface area contributed by atoms with Crippen LogP contribution in [-0.4, -0.2) is 55.2 Å². The number of nitrogens with zero attached hydrogens (tertiary/aromatic N) is 1. The van der Waals surface area contributed by atoms with Crippen molar-refractivity contribution in [3.05, 3.63) is 0 Å². The lowest BCUT2D eigenvalue weighted by molar-refractivity contribution is -0.123. The van der Waals surface area contributed by atoms with Gasteiger partial charge < -0.3 is 15.8 Å². The first-order valence-corrected chi connectivity index (χ1v) is 7.81. The molecule has 0 saturated carbocycles. The van der Waals surface area contributed by atoms with Crippen LogP contribution >= 0.6 is 24.8 Å². The molecule has 1 aliphatic rings. The summed E-state index contributed by atoms with van der Waals surface area (Å²) >= 11 is 0. The summed E-state index contributed by atoms with van der Waals surface area (Å²) in [5.41, 5.74) is 5.79. The lowest BCUT2D eigenvalue weighted by atomic mass is 10.1. The maximum Gasteiger partial charge on any atom is 0.237 e. The van der Waals surface area contributed by atoms with E-state index in [1.807, 2.05) is 13.8 Å². The molecule has 1 saturated heterocycles. The standard InChI is InChI=1S/C15H31N3O2.2ClH/c1-11(2)14(16)15(19)17-7-5-6-8-18-9-12(3)20-13(4)10-18;;/h11-14H,5-10,16H2,1-4H3,(H,17,19);2*1H/t12?,13?,14-;;/m0../s1. The van der Waals surface area contributed by atoms with Crippen molar-refractivity contribution in [3.8, 4) is 0 Å². The van der Waals surface area contributed by atoms with E-state index in [0.717, 1.165) is 32.5 Å². The van der Waals surface area contributed by atoms with Gasteiger partial charge in [0.15, 0.2) is 0 Å². The van der Waals surface area contributed by atoms with Crippen molar-refractivity contribution in [3.63, 3.8) is 0 Å². The predicted molar refractivity (Wildman–Crippen MR) is 96.0 cm³/mol. The first kappa shape index (κ1) is 24.2.